The van der Waals surface area contributed by atoms with Gasteiger partial charge in [-0.1, -0.05) is 48.2 Å². The molecule has 2 heterocycles. The van der Waals surface area contributed by atoms with Crippen LogP contribution in [-0.2, 0) is 4.79 Å². The summed E-state index contributed by atoms with van der Waals surface area (Å²) in [6, 6.07) is 14.3. The fourth-order valence-corrected chi connectivity index (χ4v) is 6.54. The highest BCUT2D eigenvalue weighted by molar-refractivity contribution is 8.03. The summed E-state index contributed by atoms with van der Waals surface area (Å²) in [6.45, 7) is 0.440. The average Bonchev–Trinajstić information content (AvgIpc) is 3.23. The van der Waals surface area contributed by atoms with Crippen LogP contribution >= 0.6 is 23.5 Å². The van der Waals surface area contributed by atoms with Crippen LogP contribution in [0, 0.1) is 5.82 Å². The number of aliphatic hydroxyl groups is 1. The predicted molar refractivity (Wildman–Crippen MR) is 126 cm³/mol. The van der Waals surface area contributed by atoms with Crippen LogP contribution in [0.4, 0.5) is 4.39 Å². The van der Waals surface area contributed by atoms with E-state index in [1.54, 1.807) is 35.7 Å². The van der Waals surface area contributed by atoms with E-state index >= 15 is 0 Å². The summed E-state index contributed by atoms with van der Waals surface area (Å²) in [4.78, 5) is 14.9. The van der Waals surface area contributed by atoms with E-state index in [1.165, 1.54) is 12.1 Å². The third-order valence-corrected chi connectivity index (χ3v) is 8.54. The topological polar surface area (TPSA) is 73.4 Å². The number of rotatable bonds is 4. The van der Waals surface area contributed by atoms with Gasteiger partial charge in [-0.3, -0.25) is 10.1 Å². The van der Waals surface area contributed by atoms with Gasteiger partial charge in [-0.2, -0.15) is 0 Å². The Balaban J connectivity index is 1.18. The fraction of sp³-hybridized carbons (Fsp3) is 0.292. The molecular formula is C24H24FN3O2S2. The van der Waals surface area contributed by atoms with E-state index in [0.29, 0.717) is 13.0 Å². The third kappa shape index (κ3) is 4.59. The molecule has 1 amide bonds. The molecule has 2 aromatic carbocycles. The Bertz CT molecular complexity index is 1070. The average molecular weight is 470 g/mol. The number of hydrogen-bond acceptors (Lipinski definition) is 6. The van der Waals surface area contributed by atoms with Crippen LogP contribution in [0.2, 0.25) is 0 Å². The van der Waals surface area contributed by atoms with Crippen molar-refractivity contribution in [3.05, 3.63) is 88.2 Å². The zero-order valence-corrected chi connectivity index (χ0v) is 18.9. The lowest BCUT2D eigenvalue weighted by Gasteiger charge is -2.29. The fourth-order valence-electron chi connectivity index (χ4n) is 4.17. The molecule has 0 aromatic heterocycles. The summed E-state index contributed by atoms with van der Waals surface area (Å²) in [5.74, 6) is -0.323. The summed E-state index contributed by atoms with van der Waals surface area (Å²) >= 11 is 3.39. The molecule has 4 atom stereocenters. The molecule has 0 saturated carbocycles. The van der Waals surface area contributed by atoms with Gasteiger partial charge >= 0.3 is 0 Å². The van der Waals surface area contributed by atoms with E-state index in [1.807, 2.05) is 36.5 Å². The quantitative estimate of drug-likeness (QED) is 0.543. The molecule has 0 bridgehead atoms. The van der Waals surface area contributed by atoms with Gasteiger partial charge < -0.3 is 15.7 Å². The maximum Gasteiger partial charge on any atom is 0.247 e. The standard InChI is InChI=1S/C24H24FN3O2S2/c25-16-8-5-14(6-9-16)24-27-13-17(31-24)12-26-22(29)15-7-10-21-19(11-15)28-23(30)18-3-1-2-4-20(18)32-21/h1-6,8-9,11,13,19,21,23-24,27-28,30H,7,10,12H2,(H,26,29). The summed E-state index contributed by atoms with van der Waals surface area (Å²) < 4.78 is 13.1. The van der Waals surface area contributed by atoms with Crippen molar-refractivity contribution in [2.24, 2.45) is 0 Å². The number of nitrogens with one attached hydrogen (secondary N) is 3. The highest BCUT2D eigenvalue weighted by Gasteiger charge is 2.33. The monoisotopic (exact) mass is 469 g/mol. The van der Waals surface area contributed by atoms with Gasteiger partial charge in [0.1, 0.15) is 17.4 Å². The Hall–Kier alpha value is -2.26. The van der Waals surface area contributed by atoms with Crippen LogP contribution in [0.25, 0.3) is 0 Å². The molecule has 4 unspecified atom stereocenters. The summed E-state index contributed by atoms with van der Waals surface area (Å²) in [5.41, 5.74) is 2.63. The zero-order valence-electron chi connectivity index (χ0n) is 17.3. The number of carbonyl (C=O) groups excluding carboxylic acids is 1. The minimum atomic E-state index is -0.748. The van der Waals surface area contributed by atoms with Gasteiger partial charge in [0.2, 0.25) is 5.91 Å². The second-order valence-corrected chi connectivity index (χ2v) is 10.5. The van der Waals surface area contributed by atoms with Gasteiger partial charge in [-0.15, -0.1) is 11.8 Å². The van der Waals surface area contributed by atoms with E-state index < -0.39 is 6.23 Å². The second kappa shape index (κ2) is 9.31. The Morgan fingerprint density at radius 2 is 1.97 bits per heavy atom. The van der Waals surface area contributed by atoms with Crippen LogP contribution < -0.4 is 16.0 Å². The highest BCUT2D eigenvalue weighted by atomic mass is 32.2. The molecule has 2 aliphatic heterocycles. The largest absolute Gasteiger partial charge is 0.374 e. The molecule has 32 heavy (non-hydrogen) atoms. The molecule has 0 saturated heterocycles. The predicted octanol–water partition coefficient (Wildman–Crippen LogP) is 3.96. The molecule has 3 aliphatic rings. The first-order chi connectivity index (χ1) is 15.6. The summed E-state index contributed by atoms with van der Waals surface area (Å²) in [5, 5.41) is 20.5. The smallest absolute Gasteiger partial charge is 0.247 e. The van der Waals surface area contributed by atoms with Crippen molar-refractivity contribution < 1.29 is 14.3 Å². The lowest BCUT2D eigenvalue weighted by atomic mass is 9.94. The van der Waals surface area contributed by atoms with Gasteiger partial charge in [-0.05, 0) is 36.6 Å². The lowest BCUT2D eigenvalue weighted by Crippen LogP contribution is -2.41. The van der Waals surface area contributed by atoms with Gasteiger partial charge in [0, 0.05) is 38.4 Å². The maximum atomic E-state index is 13.1. The van der Waals surface area contributed by atoms with Crippen LogP contribution in [0.15, 0.2) is 76.2 Å². The van der Waals surface area contributed by atoms with Gasteiger partial charge in [0.25, 0.3) is 0 Å². The first-order valence-electron chi connectivity index (χ1n) is 10.6. The van der Waals surface area contributed by atoms with E-state index in [-0.39, 0.29) is 28.4 Å². The molecule has 4 N–H and O–H groups in total. The first kappa shape index (κ1) is 21.6. The molecule has 0 spiro atoms. The summed E-state index contributed by atoms with van der Waals surface area (Å²) in [6.07, 6.45) is 4.71. The normalized spacial score (nSPS) is 26.7. The molecular weight excluding hydrogens is 445 g/mol. The van der Waals surface area contributed by atoms with Crippen molar-refractivity contribution in [3.8, 4) is 0 Å². The number of aliphatic hydroxyl groups excluding tert-OH is 1. The second-order valence-electron chi connectivity index (χ2n) is 8.03. The summed E-state index contributed by atoms with van der Waals surface area (Å²) in [7, 11) is 0. The van der Waals surface area contributed by atoms with Crippen molar-refractivity contribution in [1.29, 1.82) is 0 Å². The number of fused-ring (bicyclic) bond motifs is 2. The number of thioether (sulfide) groups is 2. The van der Waals surface area contributed by atoms with Crippen LogP contribution in [0.1, 0.15) is 35.6 Å². The van der Waals surface area contributed by atoms with Gasteiger partial charge in [0.15, 0.2) is 0 Å². The SMILES string of the molecule is O=C(NCC1=CNC(c2ccc(F)cc2)S1)C1=CC2NC(O)c3ccccc3SC2CC1. The zero-order chi connectivity index (χ0) is 22.1. The van der Waals surface area contributed by atoms with Crippen molar-refractivity contribution in [2.45, 2.75) is 40.6 Å². The van der Waals surface area contributed by atoms with Crippen LogP contribution in [-0.4, -0.2) is 28.9 Å². The molecule has 8 heteroatoms. The Morgan fingerprint density at radius 3 is 2.81 bits per heavy atom. The van der Waals surface area contributed by atoms with Crippen LogP contribution in [0.5, 0.6) is 0 Å². The maximum absolute atomic E-state index is 13.1. The molecule has 5 rings (SSSR count). The molecule has 166 valence electrons. The minimum absolute atomic E-state index is 0.0208. The number of hydrogen-bond donors (Lipinski definition) is 4. The van der Waals surface area contributed by atoms with Crippen molar-refractivity contribution in [2.75, 3.05) is 6.54 Å². The Morgan fingerprint density at radius 1 is 1.16 bits per heavy atom. The minimum Gasteiger partial charge on any atom is -0.374 e. The van der Waals surface area contributed by atoms with Crippen molar-refractivity contribution in [1.82, 2.24) is 16.0 Å². The molecule has 0 radical (unpaired) electrons. The highest BCUT2D eigenvalue weighted by Crippen LogP contribution is 2.40. The molecule has 0 fully saturated rings. The third-order valence-electron chi connectivity index (χ3n) is 5.87. The van der Waals surface area contributed by atoms with Crippen LogP contribution in [0.3, 0.4) is 0 Å². The first-order valence-corrected chi connectivity index (χ1v) is 12.4. The van der Waals surface area contributed by atoms with E-state index in [2.05, 4.69) is 16.0 Å². The van der Waals surface area contributed by atoms with Gasteiger partial charge in [0.05, 0.1) is 6.54 Å². The number of carbonyl (C=O) groups is 1. The number of benzene rings is 2. The van der Waals surface area contributed by atoms with Crippen molar-refractivity contribution in [3.63, 3.8) is 0 Å². The number of amides is 1. The van der Waals surface area contributed by atoms with E-state index in [4.69, 9.17) is 0 Å². The molecule has 2 aromatic rings. The van der Waals surface area contributed by atoms with E-state index in [0.717, 1.165) is 32.9 Å². The number of halogens is 1. The lowest BCUT2D eigenvalue weighted by molar-refractivity contribution is -0.117. The van der Waals surface area contributed by atoms with Crippen molar-refractivity contribution >= 4 is 29.4 Å². The molecule has 5 nitrogen and oxygen atoms in total. The van der Waals surface area contributed by atoms with E-state index in [9.17, 15) is 14.3 Å². The van der Waals surface area contributed by atoms with Gasteiger partial charge in [-0.25, -0.2) is 4.39 Å². The molecule has 1 aliphatic carbocycles. The Labute approximate surface area is 194 Å². The Kier molecular flexibility index (Phi) is 6.28.